The molecule has 1 aromatic heterocycles. The fraction of sp³-hybridized carbons (Fsp3) is 0.667. The molecule has 2 rings (SSSR count). The zero-order chi connectivity index (χ0) is 16.3. The van der Waals surface area contributed by atoms with Gasteiger partial charge in [0.1, 0.15) is 5.60 Å². The maximum atomic E-state index is 12.1. The minimum Gasteiger partial charge on any atom is -0.444 e. The number of amides is 1. The van der Waals surface area contributed by atoms with E-state index in [4.69, 9.17) is 4.74 Å². The number of nitrogens with zero attached hydrogens (tertiary/aromatic N) is 3. The lowest BCUT2D eigenvalue weighted by atomic mass is 10.1. The molecule has 1 unspecified atom stereocenters. The molecule has 1 aromatic rings. The molecule has 1 atom stereocenters. The van der Waals surface area contributed by atoms with Gasteiger partial charge in [-0.05, 0) is 33.6 Å². The number of hydrogen-bond acceptors (Lipinski definition) is 5. The van der Waals surface area contributed by atoms with Crippen LogP contribution < -0.4 is 15.8 Å². The van der Waals surface area contributed by atoms with Crippen LogP contribution in [0, 0.1) is 0 Å². The van der Waals surface area contributed by atoms with Crippen molar-refractivity contribution in [1.29, 1.82) is 0 Å². The molecule has 22 heavy (non-hydrogen) atoms. The summed E-state index contributed by atoms with van der Waals surface area (Å²) in [6.45, 7) is 6.82. The Bertz CT molecular complexity index is 591. The summed E-state index contributed by atoms with van der Waals surface area (Å²) in [6.07, 6.45) is 4.57. The van der Waals surface area contributed by atoms with E-state index in [0.29, 0.717) is 12.4 Å². The van der Waals surface area contributed by atoms with E-state index in [2.05, 4.69) is 10.3 Å². The van der Waals surface area contributed by atoms with Crippen molar-refractivity contribution in [3.05, 3.63) is 22.7 Å². The van der Waals surface area contributed by atoms with Crippen LogP contribution in [0.5, 0.6) is 0 Å². The number of alkyl carbamates (subject to hydrolysis) is 1. The molecule has 0 saturated carbocycles. The first-order chi connectivity index (χ1) is 10.3. The summed E-state index contributed by atoms with van der Waals surface area (Å²) in [5.74, 6) is 0.431. The predicted molar refractivity (Wildman–Crippen MR) is 84.1 cm³/mol. The average Bonchev–Trinajstić information content (AvgIpc) is 2.40. The van der Waals surface area contributed by atoms with E-state index in [1.54, 1.807) is 19.4 Å². The number of rotatable bonds is 2. The monoisotopic (exact) mass is 308 g/mol. The highest BCUT2D eigenvalue weighted by Gasteiger charge is 2.26. The zero-order valence-electron chi connectivity index (χ0n) is 13.6. The number of piperidine rings is 1. The molecule has 1 amide bonds. The van der Waals surface area contributed by atoms with Crippen molar-refractivity contribution < 1.29 is 9.53 Å². The van der Waals surface area contributed by atoms with Crippen LogP contribution in [0.25, 0.3) is 0 Å². The van der Waals surface area contributed by atoms with Crippen LogP contribution in [0.3, 0.4) is 0 Å². The number of aryl methyl sites for hydroxylation is 1. The van der Waals surface area contributed by atoms with Gasteiger partial charge >= 0.3 is 6.09 Å². The second kappa shape index (κ2) is 6.37. The molecule has 0 spiro atoms. The summed E-state index contributed by atoms with van der Waals surface area (Å²) >= 11 is 0. The first-order valence-electron chi connectivity index (χ1n) is 7.52. The van der Waals surface area contributed by atoms with Crippen LogP contribution >= 0.6 is 0 Å². The Labute approximate surface area is 130 Å². The molecule has 1 aliphatic heterocycles. The van der Waals surface area contributed by atoms with Gasteiger partial charge in [0.15, 0.2) is 5.82 Å². The van der Waals surface area contributed by atoms with Crippen molar-refractivity contribution in [2.75, 3.05) is 18.0 Å². The van der Waals surface area contributed by atoms with Gasteiger partial charge in [0.25, 0.3) is 5.56 Å². The van der Waals surface area contributed by atoms with Crippen LogP contribution in [0.4, 0.5) is 10.6 Å². The Morgan fingerprint density at radius 3 is 2.86 bits per heavy atom. The Kier molecular flexibility index (Phi) is 4.73. The normalized spacial score (nSPS) is 18.9. The van der Waals surface area contributed by atoms with Crippen LogP contribution in [-0.2, 0) is 11.8 Å². The number of carbonyl (C=O) groups is 1. The van der Waals surface area contributed by atoms with E-state index in [0.717, 1.165) is 19.4 Å². The third-order valence-corrected chi connectivity index (χ3v) is 3.44. The zero-order valence-corrected chi connectivity index (χ0v) is 13.6. The van der Waals surface area contributed by atoms with Crippen molar-refractivity contribution in [2.24, 2.45) is 7.05 Å². The second-order valence-corrected chi connectivity index (χ2v) is 6.60. The molecule has 7 heteroatoms. The molecule has 0 bridgehead atoms. The molecule has 1 N–H and O–H groups in total. The number of nitrogens with one attached hydrogen (secondary N) is 1. The largest absolute Gasteiger partial charge is 0.444 e. The van der Waals surface area contributed by atoms with Gasteiger partial charge in [0, 0.05) is 38.6 Å². The van der Waals surface area contributed by atoms with Gasteiger partial charge in [-0.2, -0.15) is 0 Å². The number of hydrogen-bond donors (Lipinski definition) is 1. The maximum absolute atomic E-state index is 12.1. The highest BCUT2D eigenvalue weighted by atomic mass is 16.6. The molecule has 0 aliphatic carbocycles. The topological polar surface area (TPSA) is 76.5 Å². The lowest BCUT2D eigenvalue weighted by molar-refractivity contribution is 0.0500. The van der Waals surface area contributed by atoms with E-state index in [9.17, 15) is 9.59 Å². The average molecular weight is 308 g/mol. The van der Waals surface area contributed by atoms with E-state index >= 15 is 0 Å². The third-order valence-electron chi connectivity index (χ3n) is 3.44. The molecular weight excluding hydrogens is 284 g/mol. The van der Waals surface area contributed by atoms with Crippen molar-refractivity contribution in [3.8, 4) is 0 Å². The number of ether oxygens (including phenoxy) is 1. The minimum absolute atomic E-state index is 0.0460. The van der Waals surface area contributed by atoms with E-state index < -0.39 is 11.7 Å². The number of aromatic nitrogens is 2. The van der Waals surface area contributed by atoms with Crippen molar-refractivity contribution in [2.45, 2.75) is 45.3 Å². The Morgan fingerprint density at radius 1 is 1.45 bits per heavy atom. The number of carbonyl (C=O) groups excluding carboxylic acids is 1. The van der Waals surface area contributed by atoms with Crippen LogP contribution in [0.1, 0.15) is 33.6 Å². The van der Waals surface area contributed by atoms with Gasteiger partial charge in [0.05, 0.1) is 0 Å². The van der Waals surface area contributed by atoms with Gasteiger partial charge in [-0.3, -0.25) is 4.79 Å². The first kappa shape index (κ1) is 16.3. The van der Waals surface area contributed by atoms with Gasteiger partial charge < -0.3 is 19.5 Å². The Hall–Kier alpha value is -2.05. The molecule has 0 aromatic carbocycles. The van der Waals surface area contributed by atoms with Gasteiger partial charge in [-0.25, -0.2) is 9.78 Å². The van der Waals surface area contributed by atoms with Gasteiger partial charge in [0.2, 0.25) is 0 Å². The van der Waals surface area contributed by atoms with Crippen molar-refractivity contribution in [1.82, 2.24) is 14.9 Å². The molecular formula is C15H24N4O3. The Balaban J connectivity index is 2.02. The maximum Gasteiger partial charge on any atom is 0.407 e. The van der Waals surface area contributed by atoms with Gasteiger partial charge in [-0.1, -0.05) is 0 Å². The first-order valence-corrected chi connectivity index (χ1v) is 7.52. The van der Waals surface area contributed by atoms with Gasteiger partial charge in [-0.15, -0.1) is 0 Å². The molecule has 2 heterocycles. The minimum atomic E-state index is -0.518. The summed E-state index contributed by atoms with van der Waals surface area (Å²) in [4.78, 5) is 30.1. The van der Waals surface area contributed by atoms with E-state index in [1.807, 2.05) is 25.7 Å². The molecule has 0 radical (unpaired) electrons. The summed E-state index contributed by atoms with van der Waals surface area (Å²) in [7, 11) is 1.70. The highest BCUT2D eigenvalue weighted by molar-refractivity contribution is 5.68. The standard InChI is InChI=1S/C15H24N4O3/c1-15(2,3)22-14(21)17-11-6-5-8-19(10-11)12-13(20)18(4)9-7-16-12/h7,9,11H,5-6,8,10H2,1-4H3,(H,17,21). The molecule has 122 valence electrons. The molecule has 1 saturated heterocycles. The quantitative estimate of drug-likeness (QED) is 0.890. The second-order valence-electron chi connectivity index (χ2n) is 6.60. The molecule has 1 aliphatic rings. The van der Waals surface area contributed by atoms with Crippen molar-refractivity contribution >= 4 is 11.9 Å². The van der Waals surface area contributed by atoms with E-state index in [1.165, 1.54) is 4.57 Å². The van der Waals surface area contributed by atoms with E-state index in [-0.39, 0.29) is 11.6 Å². The fourth-order valence-electron chi connectivity index (χ4n) is 2.46. The fourth-order valence-corrected chi connectivity index (χ4v) is 2.46. The Morgan fingerprint density at radius 2 is 2.18 bits per heavy atom. The highest BCUT2D eigenvalue weighted by Crippen LogP contribution is 2.15. The molecule has 1 fully saturated rings. The smallest absolute Gasteiger partial charge is 0.407 e. The lowest BCUT2D eigenvalue weighted by Crippen LogP contribution is -2.50. The summed E-state index contributed by atoms with van der Waals surface area (Å²) in [5, 5.41) is 2.87. The third kappa shape index (κ3) is 4.22. The predicted octanol–water partition coefficient (Wildman–Crippen LogP) is 1.27. The van der Waals surface area contributed by atoms with Crippen molar-refractivity contribution in [3.63, 3.8) is 0 Å². The number of anilines is 1. The lowest BCUT2D eigenvalue weighted by Gasteiger charge is -2.33. The summed E-state index contributed by atoms with van der Waals surface area (Å²) in [6, 6.07) is -0.0460. The SMILES string of the molecule is Cn1ccnc(N2CCCC(NC(=O)OC(C)(C)C)C2)c1=O. The van der Waals surface area contributed by atoms with Crippen LogP contribution in [-0.4, -0.2) is 40.4 Å². The van der Waals surface area contributed by atoms with Crippen LogP contribution in [0.2, 0.25) is 0 Å². The van der Waals surface area contributed by atoms with Crippen LogP contribution in [0.15, 0.2) is 17.2 Å². The summed E-state index contributed by atoms with van der Waals surface area (Å²) < 4.78 is 6.78. The molecule has 7 nitrogen and oxygen atoms in total. The summed E-state index contributed by atoms with van der Waals surface area (Å²) in [5.41, 5.74) is -0.643.